The van der Waals surface area contributed by atoms with Gasteiger partial charge in [0, 0.05) is 45.5 Å². The first-order valence-corrected chi connectivity index (χ1v) is 11.6. The van der Waals surface area contributed by atoms with Gasteiger partial charge in [-0.25, -0.2) is 0 Å². The molecule has 1 aliphatic carbocycles. The topological polar surface area (TPSA) is 71.1 Å². The van der Waals surface area contributed by atoms with E-state index in [0.29, 0.717) is 24.8 Å². The lowest BCUT2D eigenvalue weighted by Gasteiger charge is -2.36. The van der Waals surface area contributed by atoms with E-state index in [0.717, 1.165) is 13.1 Å². The van der Waals surface area contributed by atoms with Crippen molar-refractivity contribution in [2.24, 2.45) is 11.8 Å². The number of hydrogen-bond acceptors (Lipinski definition) is 5. The molecule has 0 saturated heterocycles. The summed E-state index contributed by atoms with van der Waals surface area (Å²) >= 11 is 0. The molecule has 0 unspecified atom stereocenters. The Kier molecular flexibility index (Phi) is 8.46. The fourth-order valence-corrected chi connectivity index (χ4v) is 4.20. The summed E-state index contributed by atoms with van der Waals surface area (Å²) in [6, 6.07) is 4.42. The van der Waals surface area contributed by atoms with Gasteiger partial charge in [0.05, 0.1) is 11.7 Å². The average Bonchev–Trinajstić information content (AvgIpc) is 3.57. The van der Waals surface area contributed by atoms with Crippen molar-refractivity contribution in [3.05, 3.63) is 23.8 Å². The minimum absolute atomic E-state index is 0.0897. The molecule has 0 radical (unpaired) electrons. The van der Waals surface area contributed by atoms with Gasteiger partial charge in [-0.3, -0.25) is 14.5 Å². The summed E-state index contributed by atoms with van der Waals surface area (Å²) in [4.78, 5) is 29.0. The molecular weight excluding hydrogens is 451 g/mol. The van der Waals surface area contributed by atoms with Gasteiger partial charge in [-0.05, 0) is 49.8 Å². The van der Waals surface area contributed by atoms with Gasteiger partial charge in [0.25, 0.3) is 5.91 Å². The highest BCUT2D eigenvalue weighted by molar-refractivity contribution is 5.99. The maximum Gasteiger partial charge on any atom is 0.397 e. The van der Waals surface area contributed by atoms with Crippen LogP contribution in [0.2, 0.25) is 0 Å². The molecule has 1 fully saturated rings. The number of halogens is 3. The van der Waals surface area contributed by atoms with E-state index >= 15 is 0 Å². The molecule has 7 nitrogen and oxygen atoms in total. The third-order valence-corrected chi connectivity index (χ3v) is 6.41. The lowest BCUT2D eigenvalue weighted by Crippen LogP contribution is -2.47. The Hall–Kier alpha value is -2.33. The number of hydrogen-bond donors (Lipinski definition) is 1. The third-order valence-electron chi connectivity index (χ3n) is 6.41. The Morgan fingerprint density at radius 1 is 1.24 bits per heavy atom. The van der Waals surface area contributed by atoms with Crippen LogP contribution in [-0.4, -0.2) is 80.3 Å². The van der Waals surface area contributed by atoms with Gasteiger partial charge in [-0.2, -0.15) is 13.2 Å². The fourth-order valence-electron chi connectivity index (χ4n) is 4.20. The van der Waals surface area contributed by atoms with Crippen molar-refractivity contribution >= 4 is 17.5 Å². The minimum Gasteiger partial charge on any atom is -0.491 e. The van der Waals surface area contributed by atoms with E-state index in [1.54, 1.807) is 14.2 Å². The Balaban J connectivity index is 1.87. The van der Waals surface area contributed by atoms with Crippen LogP contribution >= 0.6 is 0 Å². The molecule has 0 bridgehead atoms. The van der Waals surface area contributed by atoms with E-state index < -0.39 is 18.5 Å². The van der Waals surface area contributed by atoms with Crippen LogP contribution < -0.4 is 10.1 Å². The molecule has 1 aromatic carbocycles. The van der Waals surface area contributed by atoms with Crippen molar-refractivity contribution in [2.45, 2.75) is 51.4 Å². The number of ether oxygens (including phenoxy) is 2. The number of amides is 2. The van der Waals surface area contributed by atoms with Crippen molar-refractivity contribution in [3.63, 3.8) is 0 Å². The Bertz CT molecular complexity index is 876. The number of likely N-dealkylation sites (N-methyl/N-ethyl adjacent to an activating group) is 1. The summed E-state index contributed by atoms with van der Waals surface area (Å²) in [7, 11) is 3.28. The van der Waals surface area contributed by atoms with Gasteiger partial charge < -0.3 is 19.7 Å². The molecule has 2 amide bonds. The fraction of sp³-hybridized carbons (Fsp3) is 0.667. The normalized spacial score (nSPS) is 25.1. The maximum absolute atomic E-state index is 13.3. The summed E-state index contributed by atoms with van der Waals surface area (Å²) in [5.74, 6) is -0.373. The second-order valence-electron chi connectivity index (χ2n) is 9.55. The summed E-state index contributed by atoms with van der Waals surface area (Å²) in [5, 5.41) is 2.22. The zero-order valence-corrected chi connectivity index (χ0v) is 20.2. The SMILES string of the molecule is CO[C@H]1CN(C)C(=O)c2cc(NC(=O)CC(F)(F)F)ccc2OC[C@@H](C)N(CC2CC2)C[C@@H]1C. The van der Waals surface area contributed by atoms with E-state index in [1.165, 1.54) is 35.9 Å². The smallest absolute Gasteiger partial charge is 0.397 e. The van der Waals surface area contributed by atoms with E-state index in [4.69, 9.17) is 9.47 Å². The van der Waals surface area contributed by atoms with Crippen LogP contribution in [0.15, 0.2) is 18.2 Å². The highest BCUT2D eigenvalue weighted by Gasteiger charge is 2.33. The molecule has 1 saturated carbocycles. The Labute approximate surface area is 198 Å². The van der Waals surface area contributed by atoms with Gasteiger partial charge in [0.1, 0.15) is 18.8 Å². The summed E-state index contributed by atoms with van der Waals surface area (Å²) in [5.41, 5.74) is 0.279. The predicted octanol–water partition coefficient (Wildman–Crippen LogP) is 3.79. The van der Waals surface area contributed by atoms with Crippen LogP contribution in [0.25, 0.3) is 0 Å². The zero-order valence-electron chi connectivity index (χ0n) is 20.2. The van der Waals surface area contributed by atoms with Crippen molar-refractivity contribution in [3.8, 4) is 5.75 Å². The molecule has 0 aromatic heterocycles. The molecule has 34 heavy (non-hydrogen) atoms. The molecule has 0 spiro atoms. The molecule has 1 aromatic rings. The number of fused-ring (bicyclic) bond motifs is 1. The highest BCUT2D eigenvalue weighted by Crippen LogP contribution is 2.32. The van der Waals surface area contributed by atoms with Gasteiger partial charge in [0.2, 0.25) is 5.91 Å². The Morgan fingerprint density at radius 2 is 1.94 bits per heavy atom. The molecule has 190 valence electrons. The average molecular weight is 486 g/mol. The summed E-state index contributed by atoms with van der Waals surface area (Å²) < 4.78 is 49.4. The van der Waals surface area contributed by atoms with Crippen LogP contribution in [0.1, 0.15) is 43.5 Å². The first-order chi connectivity index (χ1) is 16.0. The van der Waals surface area contributed by atoms with Crippen LogP contribution in [0.3, 0.4) is 0 Å². The van der Waals surface area contributed by atoms with Gasteiger partial charge >= 0.3 is 6.18 Å². The van der Waals surface area contributed by atoms with Crippen LogP contribution in [0.4, 0.5) is 18.9 Å². The second-order valence-corrected chi connectivity index (χ2v) is 9.55. The number of alkyl halides is 3. The van der Waals surface area contributed by atoms with E-state index in [-0.39, 0.29) is 35.2 Å². The van der Waals surface area contributed by atoms with Crippen LogP contribution in [0, 0.1) is 11.8 Å². The minimum atomic E-state index is -4.62. The maximum atomic E-state index is 13.3. The van der Waals surface area contributed by atoms with Crippen molar-refractivity contribution in [1.29, 1.82) is 0 Å². The number of nitrogens with zero attached hydrogens (tertiary/aromatic N) is 2. The number of carbonyl (C=O) groups is 2. The largest absolute Gasteiger partial charge is 0.491 e. The number of methoxy groups -OCH3 is 1. The number of rotatable bonds is 5. The van der Waals surface area contributed by atoms with E-state index in [1.807, 2.05) is 0 Å². The van der Waals surface area contributed by atoms with Crippen LogP contribution in [0.5, 0.6) is 5.75 Å². The molecule has 10 heteroatoms. The third kappa shape index (κ3) is 7.33. The van der Waals surface area contributed by atoms with E-state index in [9.17, 15) is 22.8 Å². The highest BCUT2D eigenvalue weighted by atomic mass is 19.4. The van der Waals surface area contributed by atoms with Crippen LogP contribution in [-0.2, 0) is 9.53 Å². The van der Waals surface area contributed by atoms with Gasteiger partial charge in [-0.1, -0.05) is 6.92 Å². The van der Waals surface area contributed by atoms with Crippen molar-refractivity contribution in [1.82, 2.24) is 9.80 Å². The summed E-state index contributed by atoms with van der Waals surface area (Å²) in [6.07, 6.45) is -3.95. The monoisotopic (exact) mass is 485 g/mol. The van der Waals surface area contributed by atoms with Gasteiger partial charge in [0.15, 0.2) is 0 Å². The molecule has 3 atom stereocenters. The van der Waals surface area contributed by atoms with Crippen molar-refractivity contribution in [2.75, 3.05) is 45.7 Å². The molecular formula is C24H34F3N3O4. The zero-order chi connectivity index (χ0) is 25.0. The molecule has 1 heterocycles. The van der Waals surface area contributed by atoms with Gasteiger partial charge in [-0.15, -0.1) is 0 Å². The lowest BCUT2D eigenvalue weighted by molar-refractivity contribution is -0.150. The second kappa shape index (κ2) is 10.9. The first kappa shape index (κ1) is 26.3. The standard InChI is InChI=1S/C24H34F3N3O4/c1-15-11-30(12-17-5-6-17)16(2)14-34-20-8-7-18(28-22(31)10-24(25,26)27)9-19(20)23(32)29(3)13-21(15)33-4/h7-9,15-17,21H,5-6,10-14H2,1-4H3,(H,28,31)/t15-,16+,21-/m0/s1. The first-order valence-electron chi connectivity index (χ1n) is 11.6. The number of anilines is 1. The number of nitrogens with one attached hydrogen (secondary N) is 1. The predicted molar refractivity (Wildman–Crippen MR) is 122 cm³/mol. The molecule has 3 rings (SSSR count). The molecule has 1 N–H and O–H groups in total. The van der Waals surface area contributed by atoms with E-state index in [2.05, 4.69) is 24.1 Å². The molecule has 2 aliphatic rings. The lowest BCUT2D eigenvalue weighted by atomic mass is 10.0. The summed E-state index contributed by atoms with van der Waals surface area (Å²) in [6.45, 7) is 6.68. The number of benzene rings is 1. The van der Waals surface area contributed by atoms with Crippen molar-refractivity contribution < 1.29 is 32.2 Å². The Morgan fingerprint density at radius 3 is 2.56 bits per heavy atom. The molecule has 1 aliphatic heterocycles. The number of carbonyl (C=O) groups excluding carboxylic acids is 2. The quantitative estimate of drug-likeness (QED) is 0.687.